The second kappa shape index (κ2) is 8.57. The van der Waals surface area contributed by atoms with Gasteiger partial charge in [0.15, 0.2) is 11.5 Å². The largest absolute Gasteiger partial charge is 0.380 e. The SMILES string of the molecule is c1ccc(-c2cc(N3CCCOCC3)nc3c2cnn3-c2ccn[nH]2)c(SNC2CC2)c1. The molecule has 1 saturated heterocycles. The zero-order valence-corrected chi connectivity index (χ0v) is 18.5. The average molecular weight is 448 g/mol. The Balaban J connectivity index is 1.51. The van der Waals surface area contributed by atoms with Gasteiger partial charge in [-0.2, -0.15) is 14.9 Å². The van der Waals surface area contributed by atoms with Gasteiger partial charge in [-0.3, -0.25) is 9.82 Å². The van der Waals surface area contributed by atoms with Gasteiger partial charge in [-0.25, -0.2) is 4.98 Å². The van der Waals surface area contributed by atoms with Crippen molar-refractivity contribution in [1.29, 1.82) is 0 Å². The molecule has 164 valence electrons. The van der Waals surface area contributed by atoms with Crippen LogP contribution in [0.15, 0.2) is 53.7 Å². The molecule has 2 aliphatic rings. The van der Waals surface area contributed by atoms with Gasteiger partial charge in [0.1, 0.15) is 5.82 Å². The van der Waals surface area contributed by atoms with Crippen LogP contribution in [0.4, 0.5) is 5.82 Å². The normalized spacial score (nSPS) is 17.1. The van der Waals surface area contributed by atoms with Gasteiger partial charge in [-0.15, -0.1) is 0 Å². The van der Waals surface area contributed by atoms with E-state index in [4.69, 9.17) is 9.72 Å². The molecule has 32 heavy (non-hydrogen) atoms. The van der Waals surface area contributed by atoms with Crippen LogP contribution in [0, 0.1) is 0 Å². The van der Waals surface area contributed by atoms with E-state index in [1.807, 2.05) is 16.9 Å². The lowest BCUT2D eigenvalue weighted by Gasteiger charge is -2.22. The van der Waals surface area contributed by atoms with Crippen LogP contribution in [0.5, 0.6) is 0 Å². The minimum absolute atomic E-state index is 0.626. The predicted octanol–water partition coefficient (Wildman–Crippen LogP) is 3.80. The first-order valence-corrected chi connectivity index (χ1v) is 11.9. The summed E-state index contributed by atoms with van der Waals surface area (Å²) in [7, 11) is 0. The molecule has 1 aromatic carbocycles. The molecule has 1 saturated carbocycles. The van der Waals surface area contributed by atoms with Crippen LogP contribution in [0.1, 0.15) is 19.3 Å². The highest BCUT2D eigenvalue weighted by Crippen LogP contribution is 2.38. The summed E-state index contributed by atoms with van der Waals surface area (Å²) in [6, 6.07) is 13.3. The number of nitrogens with one attached hydrogen (secondary N) is 2. The highest BCUT2D eigenvalue weighted by atomic mass is 32.2. The van der Waals surface area contributed by atoms with Crippen LogP contribution in [0.25, 0.3) is 28.0 Å². The van der Waals surface area contributed by atoms with E-state index in [0.717, 1.165) is 54.3 Å². The molecule has 2 N–H and O–H groups in total. The average Bonchev–Trinajstić information content (AvgIpc) is 3.43. The number of nitrogens with zero attached hydrogens (tertiary/aromatic N) is 5. The van der Waals surface area contributed by atoms with Crippen molar-refractivity contribution in [2.75, 3.05) is 31.2 Å². The molecule has 1 aliphatic carbocycles. The summed E-state index contributed by atoms with van der Waals surface area (Å²) in [5.41, 5.74) is 3.15. The van der Waals surface area contributed by atoms with E-state index in [1.165, 1.54) is 23.3 Å². The van der Waals surface area contributed by atoms with E-state index in [-0.39, 0.29) is 0 Å². The fourth-order valence-electron chi connectivity index (χ4n) is 4.02. The van der Waals surface area contributed by atoms with Crippen molar-refractivity contribution in [3.8, 4) is 16.9 Å². The molecular formula is C23H25N7OS. The lowest BCUT2D eigenvalue weighted by atomic mass is 10.0. The van der Waals surface area contributed by atoms with Crippen LogP contribution in [0.3, 0.4) is 0 Å². The Morgan fingerprint density at radius 2 is 2.03 bits per heavy atom. The Kier molecular flexibility index (Phi) is 5.30. The number of aromatic nitrogens is 5. The smallest absolute Gasteiger partial charge is 0.167 e. The number of hydrogen-bond donors (Lipinski definition) is 2. The summed E-state index contributed by atoms with van der Waals surface area (Å²) in [5.74, 6) is 1.75. The lowest BCUT2D eigenvalue weighted by Crippen LogP contribution is -2.27. The van der Waals surface area contributed by atoms with Crippen molar-refractivity contribution in [1.82, 2.24) is 29.7 Å². The van der Waals surface area contributed by atoms with Crippen molar-refractivity contribution in [2.24, 2.45) is 0 Å². The molecule has 0 amide bonds. The highest BCUT2D eigenvalue weighted by molar-refractivity contribution is 7.97. The van der Waals surface area contributed by atoms with Crippen molar-refractivity contribution >= 4 is 28.8 Å². The second-order valence-electron chi connectivity index (χ2n) is 8.21. The van der Waals surface area contributed by atoms with Crippen molar-refractivity contribution < 1.29 is 4.74 Å². The van der Waals surface area contributed by atoms with E-state index >= 15 is 0 Å². The summed E-state index contributed by atoms with van der Waals surface area (Å²) >= 11 is 1.72. The first kappa shape index (κ1) is 19.8. The molecule has 2 fully saturated rings. The number of rotatable bonds is 6. The Labute approximate surface area is 190 Å². The number of pyridine rings is 1. The molecule has 1 aliphatic heterocycles. The van der Waals surface area contributed by atoms with Crippen molar-refractivity contribution in [3.05, 3.63) is 48.8 Å². The Morgan fingerprint density at radius 1 is 1.09 bits per heavy atom. The molecule has 3 aromatic heterocycles. The van der Waals surface area contributed by atoms with Gasteiger partial charge >= 0.3 is 0 Å². The maximum absolute atomic E-state index is 5.68. The summed E-state index contributed by atoms with van der Waals surface area (Å²) in [6.07, 6.45) is 7.14. The highest BCUT2D eigenvalue weighted by Gasteiger charge is 2.23. The number of hydrogen-bond acceptors (Lipinski definition) is 7. The van der Waals surface area contributed by atoms with Gasteiger partial charge < -0.3 is 9.64 Å². The van der Waals surface area contributed by atoms with Crippen molar-refractivity contribution in [3.63, 3.8) is 0 Å². The van der Waals surface area contributed by atoms with Gasteiger partial charge in [0.05, 0.1) is 19.0 Å². The molecule has 0 atom stereocenters. The van der Waals surface area contributed by atoms with E-state index < -0.39 is 0 Å². The third-order valence-corrected chi connectivity index (χ3v) is 6.91. The monoisotopic (exact) mass is 447 g/mol. The van der Waals surface area contributed by atoms with E-state index in [2.05, 4.69) is 55.2 Å². The van der Waals surface area contributed by atoms with E-state index in [1.54, 1.807) is 18.1 Å². The zero-order valence-electron chi connectivity index (χ0n) is 17.7. The molecular weight excluding hydrogens is 422 g/mol. The molecule has 0 bridgehead atoms. The third-order valence-electron chi connectivity index (χ3n) is 5.88. The molecule has 0 radical (unpaired) electrons. The number of H-pyrrole nitrogens is 1. The molecule has 4 aromatic rings. The van der Waals surface area contributed by atoms with E-state index in [0.29, 0.717) is 12.6 Å². The predicted molar refractivity (Wildman–Crippen MR) is 126 cm³/mol. The number of ether oxygens (including phenoxy) is 1. The summed E-state index contributed by atoms with van der Waals surface area (Å²) in [4.78, 5) is 8.59. The molecule has 0 spiro atoms. The number of benzene rings is 1. The lowest BCUT2D eigenvalue weighted by molar-refractivity contribution is 0.152. The zero-order chi connectivity index (χ0) is 21.3. The molecule has 6 rings (SSSR count). The minimum Gasteiger partial charge on any atom is -0.380 e. The van der Waals surface area contributed by atoms with Crippen LogP contribution < -0.4 is 9.62 Å². The number of anilines is 1. The summed E-state index contributed by atoms with van der Waals surface area (Å²) in [5, 5.41) is 12.8. The Hall–Kier alpha value is -2.88. The van der Waals surface area contributed by atoms with Crippen molar-refractivity contribution in [2.45, 2.75) is 30.2 Å². The number of aromatic amines is 1. The molecule has 8 nitrogen and oxygen atoms in total. The van der Waals surface area contributed by atoms with Crippen LogP contribution >= 0.6 is 11.9 Å². The fourth-order valence-corrected chi connectivity index (χ4v) is 4.98. The van der Waals surface area contributed by atoms with Crippen LogP contribution in [-0.2, 0) is 4.74 Å². The first-order valence-electron chi connectivity index (χ1n) is 11.1. The number of fused-ring (bicyclic) bond motifs is 1. The minimum atomic E-state index is 0.626. The topological polar surface area (TPSA) is 83.9 Å². The first-order chi connectivity index (χ1) is 15.9. The second-order valence-corrected chi connectivity index (χ2v) is 9.09. The van der Waals surface area contributed by atoms with E-state index in [9.17, 15) is 0 Å². The van der Waals surface area contributed by atoms with Gasteiger partial charge in [-0.05, 0) is 54.5 Å². The third kappa shape index (κ3) is 3.87. The van der Waals surface area contributed by atoms with Gasteiger partial charge in [0.2, 0.25) is 0 Å². The Bertz CT molecular complexity index is 1210. The standard InChI is InChI=1S/C23H25N7OS/c1-2-5-20(32-28-16-6-7-16)17(4-1)18-14-22(29-10-3-12-31-13-11-29)26-23-19(18)15-25-30(23)21-8-9-24-27-21/h1-2,4-5,8-9,14-16,28H,3,6-7,10-13H2,(H,24,27). The molecule has 0 unspecified atom stereocenters. The van der Waals surface area contributed by atoms with Gasteiger partial charge in [0, 0.05) is 42.1 Å². The Morgan fingerprint density at radius 3 is 2.91 bits per heavy atom. The van der Waals surface area contributed by atoms with Crippen LogP contribution in [0.2, 0.25) is 0 Å². The molecule has 9 heteroatoms. The maximum atomic E-state index is 5.68. The maximum Gasteiger partial charge on any atom is 0.167 e. The quantitative estimate of drug-likeness (QED) is 0.435. The molecule has 4 heterocycles. The van der Waals surface area contributed by atoms with Gasteiger partial charge in [0.25, 0.3) is 0 Å². The summed E-state index contributed by atoms with van der Waals surface area (Å²) < 4.78 is 11.1. The van der Waals surface area contributed by atoms with Gasteiger partial charge in [-0.1, -0.05) is 18.2 Å². The summed E-state index contributed by atoms with van der Waals surface area (Å²) in [6.45, 7) is 3.27. The fraction of sp³-hybridized carbons (Fsp3) is 0.348. The van der Waals surface area contributed by atoms with Crippen LogP contribution in [-0.4, -0.2) is 57.3 Å².